The van der Waals surface area contributed by atoms with Crippen molar-refractivity contribution >= 4 is 38.7 Å². The van der Waals surface area contributed by atoms with Gasteiger partial charge in [-0.3, -0.25) is 0 Å². The SMILES string of the molecule is N.NOP(=O)(O)OP(=O)(O)O.[H-].[H-].[Mg+2]. The maximum absolute atomic E-state index is 10.1. The first-order valence-corrected chi connectivity index (χ1v) is 4.77. The summed E-state index contributed by atoms with van der Waals surface area (Å²) in [5, 5.41) is 0. The van der Waals surface area contributed by atoms with Gasteiger partial charge in [0, 0.05) is 0 Å². The number of rotatable bonds is 3. The van der Waals surface area contributed by atoms with Gasteiger partial charge in [0.1, 0.15) is 0 Å². The predicted molar refractivity (Wildman–Crippen MR) is 41.2 cm³/mol. The summed E-state index contributed by atoms with van der Waals surface area (Å²) < 4.78 is 26.3. The van der Waals surface area contributed by atoms with Gasteiger partial charge in [0.15, 0.2) is 0 Å². The van der Waals surface area contributed by atoms with Crippen molar-refractivity contribution in [2.45, 2.75) is 0 Å². The Morgan fingerprint density at radius 1 is 1.25 bits per heavy atom. The molecule has 0 aliphatic heterocycles. The Hall–Kier alpha value is 0.946. The Bertz CT molecular complexity index is 206. The molecule has 0 heterocycles. The first-order valence-electron chi connectivity index (χ1n) is 1.75. The van der Waals surface area contributed by atoms with Gasteiger partial charge in [-0.05, 0) is 0 Å². The van der Waals surface area contributed by atoms with Crippen LogP contribution in [0, 0.1) is 0 Å². The summed E-state index contributed by atoms with van der Waals surface area (Å²) >= 11 is 0. The summed E-state index contributed by atoms with van der Waals surface area (Å²) in [6, 6.07) is 0. The van der Waals surface area contributed by atoms with E-state index in [1.165, 1.54) is 0 Å². The minimum atomic E-state index is -5.02. The zero-order chi connectivity index (χ0) is 8.41. The van der Waals surface area contributed by atoms with Crippen molar-refractivity contribution in [3.8, 4) is 0 Å². The molecule has 0 amide bonds. The molecule has 12 heavy (non-hydrogen) atoms. The summed E-state index contributed by atoms with van der Waals surface area (Å²) in [7, 11) is -9.80. The van der Waals surface area contributed by atoms with Gasteiger partial charge in [-0.15, -0.1) is 0 Å². The summed E-state index contributed by atoms with van der Waals surface area (Å²) in [5.74, 6) is 4.13. The van der Waals surface area contributed by atoms with Gasteiger partial charge in [-0.1, -0.05) is 0 Å². The van der Waals surface area contributed by atoms with E-state index in [1.54, 1.807) is 0 Å². The summed E-state index contributed by atoms with van der Waals surface area (Å²) in [5.41, 5.74) is 0. The molecule has 0 aromatic rings. The van der Waals surface area contributed by atoms with Crippen LogP contribution >= 0.6 is 15.6 Å². The molecule has 8 N–H and O–H groups in total. The van der Waals surface area contributed by atoms with Crippen molar-refractivity contribution in [3.05, 3.63) is 0 Å². The Morgan fingerprint density at radius 3 is 1.67 bits per heavy atom. The van der Waals surface area contributed by atoms with Crippen molar-refractivity contribution in [2.24, 2.45) is 5.90 Å². The van der Waals surface area contributed by atoms with Gasteiger partial charge in [-0.2, -0.15) is 4.31 Å². The van der Waals surface area contributed by atoms with Crippen LogP contribution in [0.2, 0.25) is 0 Å². The molecule has 0 aromatic carbocycles. The summed E-state index contributed by atoms with van der Waals surface area (Å²) in [6.45, 7) is 0. The third kappa shape index (κ3) is 10.9. The first kappa shape index (κ1) is 18.7. The van der Waals surface area contributed by atoms with Crippen molar-refractivity contribution in [2.75, 3.05) is 0 Å². The molecule has 1 atom stereocenters. The van der Waals surface area contributed by atoms with Gasteiger partial charge in [0.05, 0.1) is 0 Å². The fourth-order valence-corrected chi connectivity index (χ4v) is 1.38. The Labute approximate surface area is 86.8 Å². The van der Waals surface area contributed by atoms with Gasteiger partial charge in [-0.25, -0.2) is 19.7 Å². The van der Waals surface area contributed by atoms with Crippen LogP contribution in [0.5, 0.6) is 0 Å². The summed E-state index contributed by atoms with van der Waals surface area (Å²) in [6.07, 6.45) is 0. The number of hydrogen-bond acceptors (Lipinski definition) is 6. The molecule has 0 bridgehead atoms. The second-order valence-corrected chi connectivity index (χ2v) is 3.93. The molecule has 0 rings (SSSR count). The topological polar surface area (TPSA) is 174 Å². The molecule has 0 saturated carbocycles. The van der Waals surface area contributed by atoms with E-state index < -0.39 is 15.6 Å². The average Bonchev–Trinajstić information content (AvgIpc) is 1.60. The zero-order valence-electron chi connectivity index (χ0n) is 7.86. The van der Waals surface area contributed by atoms with Crippen LogP contribution in [0.4, 0.5) is 0 Å². The molecule has 0 spiro atoms. The standard InChI is InChI=1S/Mg.H5NO7P2.H3N.2H/c;1-7-10(5,6)8-9(2,3)4;;;/h;1H2,(H,5,6)(H2,2,3,4);1H3;;/q+2;;;2*-1. The van der Waals surface area contributed by atoms with Crippen LogP contribution in [0.1, 0.15) is 2.85 Å². The first-order chi connectivity index (χ1) is 4.27. The molecular formula is H10MgN2O7P2. The molecule has 0 aliphatic carbocycles. The number of hydrogen-bond donors (Lipinski definition) is 5. The third-order valence-corrected chi connectivity index (χ3v) is 2.29. The van der Waals surface area contributed by atoms with E-state index in [4.69, 9.17) is 14.7 Å². The van der Waals surface area contributed by atoms with E-state index in [-0.39, 0.29) is 32.1 Å². The van der Waals surface area contributed by atoms with Crippen LogP contribution in [0.15, 0.2) is 0 Å². The smallest absolute Gasteiger partial charge is 1.00 e. The van der Waals surface area contributed by atoms with E-state index in [2.05, 4.69) is 14.8 Å². The Kier molecular flexibility index (Phi) is 9.97. The van der Waals surface area contributed by atoms with Crippen LogP contribution < -0.4 is 12.0 Å². The second kappa shape index (κ2) is 6.41. The van der Waals surface area contributed by atoms with Gasteiger partial charge in [0.2, 0.25) is 0 Å². The monoisotopic (exact) mass is 236 g/mol. The zero-order valence-corrected chi connectivity index (χ0v) is 9.06. The molecule has 1 unspecified atom stereocenters. The van der Waals surface area contributed by atoms with E-state index >= 15 is 0 Å². The van der Waals surface area contributed by atoms with Gasteiger partial charge < -0.3 is 23.7 Å². The van der Waals surface area contributed by atoms with E-state index in [0.717, 1.165) is 0 Å². The van der Waals surface area contributed by atoms with Gasteiger partial charge in [0.25, 0.3) is 0 Å². The van der Waals surface area contributed by atoms with Crippen LogP contribution in [-0.2, 0) is 18.1 Å². The molecule has 12 heteroatoms. The molecule has 0 aromatic heterocycles. The molecule has 0 radical (unpaired) electrons. The van der Waals surface area contributed by atoms with E-state index in [0.29, 0.717) is 0 Å². The average molecular weight is 236 g/mol. The largest absolute Gasteiger partial charge is 2.00 e. The number of phosphoric acid groups is 2. The summed E-state index contributed by atoms with van der Waals surface area (Å²) in [4.78, 5) is 24.0. The molecule has 0 aliphatic rings. The minimum absolute atomic E-state index is 0. The van der Waals surface area contributed by atoms with Crippen LogP contribution in [0.3, 0.4) is 0 Å². The van der Waals surface area contributed by atoms with Gasteiger partial charge >= 0.3 is 38.7 Å². The normalized spacial score (nSPS) is 15.3. The maximum atomic E-state index is 10.1. The molecule has 0 saturated heterocycles. The quantitative estimate of drug-likeness (QED) is 0.236. The second-order valence-electron chi connectivity index (χ2n) is 1.15. The number of nitrogens with two attached hydrogens (primary N) is 1. The third-order valence-electron chi connectivity index (χ3n) is 0.343. The van der Waals surface area contributed by atoms with Crippen molar-refractivity contribution < 1.29 is 35.6 Å². The van der Waals surface area contributed by atoms with Crippen molar-refractivity contribution in [1.82, 2.24) is 6.15 Å². The van der Waals surface area contributed by atoms with Crippen molar-refractivity contribution in [1.29, 1.82) is 0 Å². The fraction of sp³-hybridized carbons (Fsp3) is 0. The van der Waals surface area contributed by atoms with Crippen molar-refractivity contribution in [3.63, 3.8) is 0 Å². The molecular weight excluding hydrogens is 226 g/mol. The fourth-order valence-electron chi connectivity index (χ4n) is 0.154. The molecule has 9 nitrogen and oxygen atoms in total. The Balaban J connectivity index is -0.0000000675. The molecule has 74 valence electrons. The minimum Gasteiger partial charge on any atom is -1.00 e. The maximum Gasteiger partial charge on any atom is 2.00 e. The predicted octanol–water partition coefficient (Wildman–Crippen LogP) is -0.907. The molecule has 0 fully saturated rings. The van der Waals surface area contributed by atoms with Crippen LogP contribution in [-0.4, -0.2) is 37.7 Å². The van der Waals surface area contributed by atoms with E-state index in [1.807, 2.05) is 0 Å². The van der Waals surface area contributed by atoms with E-state index in [9.17, 15) is 9.13 Å². The van der Waals surface area contributed by atoms with Crippen LogP contribution in [0.25, 0.3) is 0 Å². The Morgan fingerprint density at radius 2 is 1.58 bits per heavy atom.